The highest BCUT2D eigenvalue weighted by molar-refractivity contribution is 5.89. The summed E-state index contributed by atoms with van der Waals surface area (Å²) in [7, 11) is 0. The van der Waals surface area contributed by atoms with Gasteiger partial charge in [-0.25, -0.2) is 4.79 Å². The minimum Gasteiger partial charge on any atom is -0.480 e. The number of carboxylic acids is 2. The van der Waals surface area contributed by atoms with E-state index in [-0.39, 0.29) is 12.0 Å². The molecule has 0 aliphatic rings. The van der Waals surface area contributed by atoms with Gasteiger partial charge in [0.15, 0.2) is 0 Å². The second-order valence-corrected chi connectivity index (χ2v) is 3.60. The summed E-state index contributed by atoms with van der Waals surface area (Å²) < 4.78 is 0. The van der Waals surface area contributed by atoms with Gasteiger partial charge in [0, 0.05) is 0 Å². The molecule has 1 aromatic rings. The van der Waals surface area contributed by atoms with Crippen LogP contribution in [0.15, 0.2) is 18.2 Å². The summed E-state index contributed by atoms with van der Waals surface area (Å²) in [4.78, 5) is 21.4. The maximum absolute atomic E-state index is 10.8. The van der Waals surface area contributed by atoms with E-state index in [1.54, 1.807) is 19.1 Å². The van der Waals surface area contributed by atoms with Crippen molar-refractivity contribution in [2.24, 2.45) is 5.73 Å². The first-order valence-corrected chi connectivity index (χ1v) is 4.73. The first-order valence-electron chi connectivity index (χ1n) is 4.73. The van der Waals surface area contributed by atoms with Gasteiger partial charge >= 0.3 is 11.9 Å². The van der Waals surface area contributed by atoms with Crippen LogP contribution in [0.25, 0.3) is 0 Å². The quantitative estimate of drug-likeness (QED) is 0.695. The molecule has 0 saturated heterocycles. The van der Waals surface area contributed by atoms with Crippen LogP contribution in [0, 0.1) is 6.92 Å². The summed E-state index contributed by atoms with van der Waals surface area (Å²) in [5.41, 5.74) is 6.79. The maximum Gasteiger partial charge on any atom is 0.335 e. The SMILES string of the molecule is Cc1ccc(CC(N)C(=O)O)cc1C(=O)O. The molecule has 0 aromatic heterocycles. The van der Waals surface area contributed by atoms with Gasteiger partial charge in [0.2, 0.25) is 0 Å². The van der Waals surface area contributed by atoms with Crippen molar-refractivity contribution in [3.8, 4) is 0 Å². The molecule has 0 bridgehead atoms. The number of aromatic carboxylic acids is 1. The molecule has 4 N–H and O–H groups in total. The first kappa shape index (κ1) is 12.2. The topological polar surface area (TPSA) is 101 Å². The van der Waals surface area contributed by atoms with Crippen LogP contribution in [0.3, 0.4) is 0 Å². The molecular formula is C11H13NO4. The van der Waals surface area contributed by atoms with E-state index in [1.165, 1.54) is 6.07 Å². The Labute approximate surface area is 92.5 Å². The van der Waals surface area contributed by atoms with Crippen LogP contribution in [0.1, 0.15) is 21.5 Å². The van der Waals surface area contributed by atoms with Gasteiger partial charge in [-0.1, -0.05) is 12.1 Å². The van der Waals surface area contributed by atoms with Crippen LogP contribution in [0.2, 0.25) is 0 Å². The molecule has 0 amide bonds. The molecule has 0 saturated carbocycles. The van der Waals surface area contributed by atoms with Gasteiger partial charge in [-0.2, -0.15) is 0 Å². The second kappa shape index (κ2) is 4.76. The molecular weight excluding hydrogens is 210 g/mol. The molecule has 0 aliphatic heterocycles. The number of carbonyl (C=O) groups is 2. The Morgan fingerprint density at radius 2 is 2.00 bits per heavy atom. The van der Waals surface area contributed by atoms with Crippen molar-refractivity contribution in [1.82, 2.24) is 0 Å². The molecule has 0 fully saturated rings. The highest BCUT2D eigenvalue weighted by Gasteiger charge is 2.14. The second-order valence-electron chi connectivity index (χ2n) is 3.60. The normalized spacial score (nSPS) is 12.1. The Bertz CT molecular complexity index is 428. The predicted molar refractivity (Wildman–Crippen MR) is 57.5 cm³/mol. The van der Waals surface area contributed by atoms with Gasteiger partial charge in [-0.05, 0) is 30.5 Å². The zero-order valence-electron chi connectivity index (χ0n) is 8.80. The Kier molecular flexibility index (Phi) is 3.63. The van der Waals surface area contributed by atoms with Gasteiger partial charge < -0.3 is 15.9 Å². The van der Waals surface area contributed by atoms with E-state index in [2.05, 4.69) is 0 Å². The highest BCUT2D eigenvalue weighted by Crippen LogP contribution is 2.12. The fourth-order valence-corrected chi connectivity index (χ4v) is 1.37. The molecule has 1 unspecified atom stereocenters. The Morgan fingerprint density at radius 3 is 2.50 bits per heavy atom. The summed E-state index contributed by atoms with van der Waals surface area (Å²) in [6.45, 7) is 1.68. The number of benzene rings is 1. The smallest absolute Gasteiger partial charge is 0.335 e. The standard InChI is InChI=1S/C11H13NO4/c1-6-2-3-7(4-8(6)10(13)14)5-9(12)11(15)16/h2-4,9H,5,12H2,1H3,(H,13,14)(H,15,16). The van der Waals surface area contributed by atoms with E-state index >= 15 is 0 Å². The van der Waals surface area contributed by atoms with Gasteiger partial charge in [-0.3, -0.25) is 4.79 Å². The first-order chi connectivity index (χ1) is 7.41. The molecule has 0 aliphatic carbocycles. The number of carboxylic acid groups (broad SMARTS) is 2. The fraction of sp³-hybridized carbons (Fsp3) is 0.273. The summed E-state index contributed by atoms with van der Waals surface area (Å²) in [5, 5.41) is 17.5. The van der Waals surface area contributed by atoms with Gasteiger partial charge in [0.1, 0.15) is 6.04 Å². The third-order valence-corrected chi connectivity index (χ3v) is 2.31. The monoisotopic (exact) mass is 223 g/mol. The van der Waals surface area contributed by atoms with Crippen molar-refractivity contribution < 1.29 is 19.8 Å². The van der Waals surface area contributed by atoms with E-state index in [4.69, 9.17) is 15.9 Å². The average molecular weight is 223 g/mol. The fourth-order valence-electron chi connectivity index (χ4n) is 1.37. The largest absolute Gasteiger partial charge is 0.480 e. The number of hydrogen-bond donors (Lipinski definition) is 3. The molecule has 86 valence electrons. The number of aryl methyl sites for hydroxylation is 1. The molecule has 1 atom stereocenters. The van der Waals surface area contributed by atoms with Crippen molar-refractivity contribution in [3.05, 3.63) is 34.9 Å². The summed E-state index contributed by atoms with van der Waals surface area (Å²) in [5.74, 6) is -2.12. The van der Waals surface area contributed by atoms with Crippen molar-refractivity contribution >= 4 is 11.9 Å². The lowest BCUT2D eigenvalue weighted by Gasteiger charge is -2.08. The average Bonchev–Trinajstić information content (AvgIpc) is 2.20. The Balaban J connectivity index is 2.95. The molecule has 0 spiro atoms. The van der Waals surface area contributed by atoms with E-state index in [9.17, 15) is 9.59 Å². The summed E-state index contributed by atoms with van der Waals surface area (Å²) in [6, 6.07) is 3.78. The minimum absolute atomic E-state index is 0.121. The van der Waals surface area contributed by atoms with Gasteiger partial charge in [0.25, 0.3) is 0 Å². The number of aliphatic carboxylic acids is 1. The predicted octanol–water partition coefficient (Wildman–Crippen LogP) is 0.648. The molecule has 5 nitrogen and oxygen atoms in total. The highest BCUT2D eigenvalue weighted by atomic mass is 16.4. The number of hydrogen-bond acceptors (Lipinski definition) is 3. The van der Waals surface area contributed by atoms with Gasteiger partial charge in [0.05, 0.1) is 5.56 Å². The van der Waals surface area contributed by atoms with E-state index < -0.39 is 18.0 Å². The number of nitrogens with two attached hydrogens (primary N) is 1. The van der Waals surface area contributed by atoms with E-state index in [0.717, 1.165) is 0 Å². The molecule has 1 rings (SSSR count). The summed E-state index contributed by atoms with van der Waals surface area (Å²) >= 11 is 0. The van der Waals surface area contributed by atoms with Crippen molar-refractivity contribution in [2.75, 3.05) is 0 Å². The lowest BCUT2D eigenvalue weighted by molar-refractivity contribution is -0.138. The lowest BCUT2D eigenvalue weighted by Crippen LogP contribution is -2.32. The minimum atomic E-state index is -1.10. The van der Waals surface area contributed by atoms with Crippen LogP contribution >= 0.6 is 0 Å². The molecule has 16 heavy (non-hydrogen) atoms. The van der Waals surface area contributed by atoms with E-state index in [0.29, 0.717) is 11.1 Å². The van der Waals surface area contributed by atoms with E-state index in [1.807, 2.05) is 0 Å². The van der Waals surface area contributed by atoms with Crippen LogP contribution < -0.4 is 5.73 Å². The zero-order valence-corrected chi connectivity index (χ0v) is 8.80. The molecule has 0 heterocycles. The Hall–Kier alpha value is -1.88. The third-order valence-electron chi connectivity index (χ3n) is 2.31. The van der Waals surface area contributed by atoms with Gasteiger partial charge in [-0.15, -0.1) is 0 Å². The third kappa shape index (κ3) is 2.80. The van der Waals surface area contributed by atoms with Crippen molar-refractivity contribution in [3.63, 3.8) is 0 Å². The van der Waals surface area contributed by atoms with Crippen LogP contribution in [-0.2, 0) is 11.2 Å². The lowest BCUT2D eigenvalue weighted by atomic mass is 10.0. The van der Waals surface area contributed by atoms with Crippen LogP contribution in [-0.4, -0.2) is 28.2 Å². The van der Waals surface area contributed by atoms with Crippen molar-refractivity contribution in [2.45, 2.75) is 19.4 Å². The molecule has 0 radical (unpaired) electrons. The van der Waals surface area contributed by atoms with Crippen molar-refractivity contribution in [1.29, 1.82) is 0 Å². The number of rotatable bonds is 4. The maximum atomic E-state index is 10.8. The molecule has 1 aromatic carbocycles. The van der Waals surface area contributed by atoms with Crippen LogP contribution in [0.4, 0.5) is 0 Å². The zero-order chi connectivity index (χ0) is 12.3. The molecule has 5 heteroatoms. The Morgan fingerprint density at radius 1 is 1.38 bits per heavy atom. The summed E-state index contributed by atoms with van der Waals surface area (Å²) in [6.07, 6.45) is 0.121. The van der Waals surface area contributed by atoms with Crippen LogP contribution in [0.5, 0.6) is 0 Å².